The number of aryl methyl sites for hydroxylation is 1. The van der Waals surface area contributed by atoms with Crippen LogP contribution in [0.15, 0.2) is 12.1 Å². The van der Waals surface area contributed by atoms with Crippen molar-refractivity contribution in [3.63, 3.8) is 0 Å². The number of likely N-dealkylation sites (tertiary alicyclic amines) is 1. The van der Waals surface area contributed by atoms with Gasteiger partial charge in [-0.2, -0.15) is 0 Å². The van der Waals surface area contributed by atoms with Gasteiger partial charge in [-0.05, 0) is 76.9 Å². The van der Waals surface area contributed by atoms with E-state index in [9.17, 15) is 4.39 Å². The van der Waals surface area contributed by atoms with Crippen LogP contribution in [0, 0.1) is 5.82 Å². The second-order valence-electron chi connectivity index (χ2n) is 8.73. The minimum atomic E-state index is -0.959. The summed E-state index contributed by atoms with van der Waals surface area (Å²) in [6, 6.07) is 1.39. The maximum atomic E-state index is 15.9. The molecule has 30 heavy (non-hydrogen) atoms. The second kappa shape index (κ2) is 9.20. The smallest absolute Gasteiger partial charge is 0.157 e. The van der Waals surface area contributed by atoms with Crippen LogP contribution in [0.4, 0.5) is 14.5 Å². The van der Waals surface area contributed by atoms with Crippen molar-refractivity contribution in [2.75, 3.05) is 39.1 Å². The minimum absolute atomic E-state index is 0.154. The second-order valence-corrected chi connectivity index (χ2v) is 8.73. The lowest BCUT2D eigenvalue weighted by atomic mass is 9.92. The van der Waals surface area contributed by atoms with Crippen molar-refractivity contribution in [3.8, 4) is 5.75 Å². The van der Waals surface area contributed by atoms with E-state index in [0.717, 1.165) is 49.9 Å². The molecule has 7 heteroatoms. The molecule has 3 N–H and O–H groups in total. The first kappa shape index (κ1) is 21.5. The van der Waals surface area contributed by atoms with E-state index < -0.39 is 6.17 Å². The maximum absolute atomic E-state index is 15.9. The fourth-order valence-corrected chi connectivity index (χ4v) is 4.91. The highest BCUT2D eigenvalue weighted by atomic mass is 19.1. The SMILES string of the molecule is CNC1CC(Nc2cc3c(c(C4=CCNCCC4)c2F)OCCC3)N(C)C(C)C1F. The lowest BCUT2D eigenvalue weighted by Gasteiger charge is -2.44. The molecule has 3 aliphatic rings. The van der Waals surface area contributed by atoms with Crippen LogP contribution in [0.5, 0.6) is 5.75 Å². The van der Waals surface area contributed by atoms with Gasteiger partial charge in [0.2, 0.25) is 0 Å². The van der Waals surface area contributed by atoms with Crippen LogP contribution in [-0.2, 0) is 6.42 Å². The zero-order valence-corrected chi connectivity index (χ0v) is 18.2. The summed E-state index contributed by atoms with van der Waals surface area (Å²) in [7, 11) is 3.69. The molecule has 5 nitrogen and oxygen atoms in total. The van der Waals surface area contributed by atoms with Crippen molar-refractivity contribution in [2.24, 2.45) is 0 Å². The Hall–Kier alpha value is -1.70. The van der Waals surface area contributed by atoms with E-state index in [4.69, 9.17) is 4.74 Å². The molecule has 1 fully saturated rings. The van der Waals surface area contributed by atoms with Crippen molar-refractivity contribution < 1.29 is 13.5 Å². The Morgan fingerprint density at radius 2 is 2.10 bits per heavy atom. The molecule has 0 aromatic heterocycles. The van der Waals surface area contributed by atoms with Gasteiger partial charge in [-0.25, -0.2) is 8.78 Å². The lowest BCUT2D eigenvalue weighted by molar-refractivity contribution is 0.0375. The van der Waals surface area contributed by atoms with Crippen molar-refractivity contribution in [1.82, 2.24) is 15.5 Å². The predicted octanol–water partition coefficient (Wildman–Crippen LogP) is 3.31. The number of nitrogens with zero attached hydrogens (tertiary/aromatic N) is 1. The number of piperidine rings is 1. The molecule has 1 aromatic rings. The van der Waals surface area contributed by atoms with Crippen LogP contribution in [0.1, 0.15) is 43.7 Å². The first-order valence-corrected chi connectivity index (χ1v) is 11.2. The molecule has 4 atom stereocenters. The third-order valence-corrected chi connectivity index (χ3v) is 6.89. The van der Waals surface area contributed by atoms with E-state index in [0.29, 0.717) is 30.0 Å². The summed E-state index contributed by atoms with van der Waals surface area (Å²) in [5.41, 5.74) is 3.17. The Bertz CT molecular complexity index is 798. The molecule has 0 bridgehead atoms. The monoisotopic (exact) mass is 420 g/mol. The van der Waals surface area contributed by atoms with Crippen LogP contribution in [0.2, 0.25) is 0 Å². The quantitative estimate of drug-likeness (QED) is 0.698. The topological polar surface area (TPSA) is 48.6 Å². The summed E-state index contributed by atoms with van der Waals surface area (Å²) < 4.78 is 36.5. The van der Waals surface area contributed by atoms with Crippen LogP contribution in [0.3, 0.4) is 0 Å². The molecule has 0 spiro atoms. The molecule has 4 rings (SSSR count). The average molecular weight is 421 g/mol. The maximum Gasteiger partial charge on any atom is 0.157 e. The highest BCUT2D eigenvalue weighted by Crippen LogP contribution is 2.41. The highest BCUT2D eigenvalue weighted by molar-refractivity contribution is 5.77. The minimum Gasteiger partial charge on any atom is -0.493 e. The Kier molecular flexibility index (Phi) is 6.60. The number of nitrogens with one attached hydrogen (secondary N) is 3. The first-order chi connectivity index (χ1) is 14.5. The number of allylic oxidation sites excluding steroid dienone is 1. The molecule has 166 valence electrons. The summed E-state index contributed by atoms with van der Waals surface area (Å²) in [6.07, 6.45) is 5.16. The Balaban J connectivity index is 1.70. The van der Waals surface area contributed by atoms with E-state index in [1.54, 1.807) is 7.05 Å². The van der Waals surface area contributed by atoms with Gasteiger partial charge in [-0.15, -0.1) is 0 Å². The summed E-state index contributed by atoms with van der Waals surface area (Å²) in [6.45, 7) is 4.19. The molecular weight excluding hydrogens is 386 g/mol. The van der Waals surface area contributed by atoms with E-state index >= 15 is 4.39 Å². The van der Waals surface area contributed by atoms with E-state index in [1.165, 1.54) is 0 Å². The Morgan fingerprint density at radius 3 is 2.90 bits per heavy atom. The normalized spacial score (nSPS) is 30.1. The van der Waals surface area contributed by atoms with Crippen LogP contribution in [0.25, 0.3) is 5.57 Å². The summed E-state index contributed by atoms with van der Waals surface area (Å²) in [4.78, 5) is 1.97. The molecule has 0 amide bonds. The van der Waals surface area contributed by atoms with Crippen molar-refractivity contribution >= 4 is 11.3 Å². The molecule has 4 unspecified atom stereocenters. The Morgan fingerprint density at radius 1 is 1.27 bits per heavy atom. The van der Waals surface area contributed by atoms with E-state index in [1.807, 2.05) is 24.9 Å². The third-order valence-electron chi connectivity index (χ3n) is 6.89. The largest absolute Gasteiger partial charge is 0.493 e. The number of hydrogen-bond acceptors (Lipinski definition) is 5. The van der Waals surface area contributed by atoms with E-state index in [2.05, 4.69) is 22.0 Å². The standard InChI is InChI=1S/C23H34F2N4O/c1-14-21(24)17(26-2)13-19(29(14)3)28-18-12-16-7-5-11-30-23(16)20(22(18)25)15-6-4-9-27-10-8-15/h8,12,14,17,19,21,26-28H,4-7,9-11,13H2,1-3H3. The molecule has 1 saturated heterocycles. The van der Waals surface area contributed by atoms with Crippen molar-refractivity contribution in [3.05, 3.63) is 29.1 Å². The fourth-order valence-electron chi connectivity index (χ4n) is 4.91. The zero-order chi connectivity index (χ0) is 21.3. The van der Waals surface area contributed by atoms with Gasteiger partial charge in [0.05, 0.1) is 24.0 Å². The lowest BCUT2D eigenvalue weighted by Crippen LogP contribution is -2.60. The summed E-state index contributed by atoms with van der Waals surface area (Å²) in [5.74, 6) is 0.452. The third kappa shape index (κ3) is 4.07. The number of rotatable bonds is 4. The highest BCUT2D eigenvalue weighted by Gasteiger charge is 2.39. The van der Waals surface area contributed by atoms with Crippen molar-refractivity contribution in [1.29, 1.82) is 0 Å². The fraction of sp³-hybridized carbons (Fsp3) is 0.652. The van der Waals surface area contributed by atoms with Crippen molar-refractivity contribution in [2.45, 2.75) is 63.4 Å². The van der Waals surface area contributed by atoms with Gasteiger partial charge in [0.1, 0.15) is 11.9 Å². The number of anilines is 1. The molecule has 0 radical (unpaired) electrons. The Labute approximate surface area is 178 Å². The van der Waals surface area contributed by atoms with Gasteiger partial charge in [0.15, 0.2) is 5.82 Å². The van der Waals surface area contributed by atoms with Gasteiger partial charge in [-0.1, -0.05) is 6.08 Å². The number of halogens is 2. The molecule has 3 heterocycles. The van der Waals surface area contributed by atoms with Crippen LogP contribution >= 0.6 is 0 Å². The molecule has 0 aliphatic carbocycles. The van der Waals surface area contributed by atoms with Gasteiger partial charge < -0.3 is 20.7 Å². The van der Waals surface area contributed by atoms with Crippen LogP contribution in [-0.4, -0.2) is 63.1 Å². The van der Waals surface area contributed by atoms with Gasteiger partial charge in [0, 0.05) is 18.6 Å². The number of fused-ring (bicyclic) bond motifs is 1. The molecule has 1 aromatic carbocycles. The van der Waals surface area contributed by atoms with E-state index in [-0.39, 0.29) is 24.1 Å². The zero-order valence-electron chi connectivity index (χ0n) is 18.2. The first-order valence-electron chi connectivity index (χ1n) is 11.2. The van der Waals surface area contributed by atoms with Gasteiger partial charge in [0.25, 0.3) is 0 Å². The molecule has 3 aliphatic heterocycles. The molecule has 0 saturated carbocycles. The predicted molar refractivity (Wildman–Crippen MR) is 117 cm³/mol. The van der Waals surface area contributed by atoms with Gasteiger partial charge >= 0.3 is 0 Å². The number of alkyl halides is 1. The number of hydrogen-bond donors (Lipinski definition) is 3. The van der Waals surface area contributed by atoms with Gasteiger partial charge in [-0.3, -0.25) is 4.90 Å². The molecular formula is C23H34F2N4O. The number of benzene rings is 1. The van der Waals surface area contributed by atoms with Crippen LogP contribution < -0.4 is 20.7 Å². The summed E-state index contributed by atoms with van der Waals surface area (Å²) >= 11 is 0. The average Bonchev–Trinajstić information content (AvgIpc) is 3.04. The number of ether oxygens (including phenoxy) is 1. The summed E-state index contributed by atoms with van der Waals surface area (Å²) in [5, 5.41) is 9.84.